The summed E-state index contributed by atoms with van der Waals surface area (Å²) in [4.78, 5) is 28.6. The van der Waals surface area contributed by atoms with Gasteiger partial charge in [0.1, 0.15) is 0 Å². The Morgan fingerprint density at radius 2 is 1.67 bits per heavy atom. The van der Waals surface area contributed by atoms with Crippen LogP contribution in [0, 0.1) is 11.8 Å². The van der Waals surface area contributed by atoms with Gasteiger partial charge in [0.2, 0.25) is 11.8 Å². The Bertz CT molecular complexity index is 409. The molecule has 0 aromatic rings. The minimum absolute atomic E-state index is 0.190. The van der Waals surface area contributed by atoms with Gasteiger partial charge in [0, 0.05) is 38.0 Å². The standard InChI is InChI=1S/C19H35N3O2/c1-4-18(23)22-13-8-17(9-14-22)21-11-6-16(7-12-21)19(24)20-10-5-15(2)3/h15-17H,4-14H2,1-3H3,(H,20,24). The van der Waals surface area contributed by atoms with Crippen LogP contribution < -0.4 is 5.32 Å². The number of amides is 2. The second-order valence-electron chi connectivity index (χ2n) is 7.75. The minimum atomic E-state index is 0.190. The van der Waals surface area contributed by atoms with E-state index < -0.39 is 0 Å². The molecule has 0 bridgehead atoms. The highest BCUT2D eigenvalue weighted by atomic mass is 16.2. The van der Waals surface area contributed by atoms with E-state index in [1.807, 2.05) is 11.8 Å². The smallest absolute Gasteiger partial charge is 0.223 e. The van der Waals surface area contributed by atoms with Crippen LogP contribution in [-0.4, -0.2) is 60.4 Å². The third kappa shape index (κ3) is 5.47. The van der Waals surface area contributed by atoms with E-state index in [1.165, 1.54) is 0 Å². The second kappa shape index (κ2) is 9.40. The van der Waals surface area contributed by atoms with Crippen LogP contribution in [-0.2, 0) is 9.59 Å². The van der Waals surface area contributed by atoms with Crippen molar-refractivity contribution in [2.45, 2.75) is 65.3 Å². The van der Waals surface area contributed by atoms with Gasteiger partial charge in [-0.25, -0.2) is 0 Å². The molecule has 0 unspecified atom stereocenters. The summed E-state index contributed by atoms with van der Waals surface area (Å²) in [5, 5.41) is 3.10. The van der Waals surface area contributed by atoms with Crippen molar-refractivity contribution in [1.29, 1.82) is 0 Å². The third-order valence-electron chi connectivity index (χ3n) is 5.56. The molecule has 2 aliphatic rings. The van der Waals surface area contributed by atoms with E-state index in [-0.39, 0.29) is 17.7 Å². The predicted molar refractivity (Wildman–Crippen MR) is 96.7 cm³/mol. The Hall–Kier alpha value is -1.10. The Morgan fingerprint density at radius 1 is 1.04 bits per heavy atom. The van der Waals surface area contributed by atoms with Gasteiger partial charge >= 0.3 is 0 Å². The molecule has 0 atom stereocenters. The largest absolute Gasteiger partial charge is 0.356 e. The zero-order valence-electron chi connectivity index (χ0n) is 15.7. The second-order valence-corrected chi connectivity index (χ2v) is 7.75. The van der Waals surface area contributed by atoms with Gasteiger partial charge in [-0.15, -0.1) is 0 Å². The number of piperidine rings is 2. The van der Waals surface area contributed by atoms with Crippen LogP contribution in [0.1, 0.15) is 59.3 Å². The molecule has 5 heteroatoms. The van der Waals surface area contributed by atoms with E-state index in [9.17, 15) is 9.59 Å². The maximum Gasteiger partial charge on any atom is 0.223 e. The van der Waals surface area contributed by atoms with E-state index in [1.54, 1.807) is 0 Å². The van der Waals surface area contributed by atoms with Crippen molar-refractivity contribution < 1.29 is 9.59 Å². The Kier molecular flexibility index (Phi) is 7.53. The van der Waals surface area contributed by atoms with Gasteiger partial charge in [-0.1, -0.05) is 20.8 Å². The topological polar surface area (TPSA) is 52.7 Å². The number of nitrogens with one attached hydrogen (secondary N) is 1. The molecular weight excluding hydrogens is 302 g/mol. The average Bonchev–Trinajstić information content (AvgIpc) is 2.61. The van der Waals surface area contributed by atoms with Crippen LogP contribution in [0.15, 0.2) is 0 Å². The highest BCUT2D eigenvalue weighted by Crippen LogP contribution is 2.24. The molecule has 0 spiro atoms. The molecule has 0 aromatic carbocycles. The van der Waals surface area contributed by atoms with Crippen molar-refractivity contribution in [2.24, 2.45) is 11.8 Å². The number of likely N-dealkylation sites (tertiary alicyclic amines) is 2. The van der Waals surface area contributed by atoms with Crippen LogP contribution in [0.4, 0.5) is 0 Å². The lowest BCUT2D eigenvalue weighted by molar-refractivity contribution is -0.133. The molecule has 5 nitrogen and oxygen atoms in total. The van der Waals surface area contributed by atoms with Gasteiger partial charge in [-0.05, 0) is 51.1 Å². The van der Waals surface area contributed by atoms with E-state index in [0.29, 0.717) is 18.4 Å². The molecule has 2 heterocycles. The molecular formula is C19H35N3O2. The van der Waals surface area contributed by atoms with Crippen LogP contribution in [0.2, 0.25) is 0 Å². The van der Waals surface area contributed by atoms with Gasteiger partial charge < -0.3 is 15.1 Å². The molecule has 2 rings (SSSR count). The van der Waals surface area contributed by atoms with Gasteiger partial charge in [-0.3, -0.25) is 9.59 Å². The normalized spacial score (nSPS) is 21.2. The van der Waals surface area contributed by atoms with Crippen molar-refractivity contribution in [3.05, 3.63) is 0 Å². The number of nitrogens with zero attached hydrogens (tertiary/aromatic N) is 2. The Balaban J connectivity index is 1.68. The first-order valence-corrected chi connectivity index (χ1v) is 9.80. The molecule has 0 saturated carbocycles. The molecule has 2 fully saturated rings. The van der Waals surface area contributed by atoms with Gasteiger partial charge in [0.05, 0.1) is 0 Å². The first-order chi connectivity index (χ1) is 11.5. The first kappa shape index (κ1) is 19.2. The Morgan fingerprint density at radius 3 is 2.21 bits per heavy atom. The number of carbonyl (C=O) groups excluding carboxylic acids is 2. The molecule has 2 amide bonds. The van der Waals surface area contributed by atoms with E-state index in [4.69, 9.17) is 0 Å². The molecule has 2 saturated heterocycles. The third-order valence-corrected chi connectivity index (χ3v) is 5.56. The van der Waals surface area contributed by atoms with E-state index >= 15 is 0 Å². The monoisotopic (exact) mass is 337 g/mol. The molecule has 0 aliphatic carbocycles. The van der Waals surface area contributed by atoms with Crippen LogP contribution in [0.5, 0.6) is 0 Å². The summed E-state index contributed by atoms with van der Waals surface area (Å²) >= 11 is 0. The molecule has 0 radical (unpaired) electrons. The SMILES string of the molecule is CCC(=O)N1CCC(N2CCC(C(=O)NCCC(C)C)CC2)CC1. The van der Waals surface area contributed by atoms with E-state index in [2.05, 4.69) is 24.1 Å². The van der Waals surface area contributed by atoms with Crippen molar-refractivity contribution in [3.8, 4) is 0 Å². The Labute approximate surface area is 147 Å². The highest BCUT2D eigenvalue weighted by Gasteiger charge is 2.31. The fourth-order valence-corrected chi connectivity index (χ4v) is 3.86. The summed E-state index contributed by atoms with van der Waals surface area (Å²) in [6.07, 6.45) is 5.78. The van der Waals surface area contributed by atoms with Crippen molar-refractivity contribution in [3.63, 3.8) is 0 Å². The molecule has 0 aromatic heterocycles. The van der Waals surface area contributed by atoms with Gasteiger partial charge in [-0.2, -0.15) is 0 Å². The summed E-state index contributed by atoms with van der Waals surface area (Å²) < 4.78 is 0. The lowest BCUT2D eigenvalue weighted by atomic mass is 9.92. The molecule has 2 aliphatic heterocycles. The lowest BCUT2D eigenvalue weighted by Gasteiger charge is -2.41. The number of hydrogen-bond acceptors (Lipinski definition) is 3. The van der Waals surface area contributed by atoms with Crippen LogP contribution in [0.25, 0.3) is 0 Å². The van der Waals surface area contributed by atoms with Gasteiger partial charge in [0.25, 0.3) is 0 Å². The summed E-state index contributed by atoms with van der Waals surface area (Å²) in [5.74, 6) is 1.36. The molecule has 24 heavy (non-hydrogen) atoms. The zero-order chi connectivity index (χ0) is 17.5. The summed E-state index contributed by atoms with van der Waals surface area (Å²) in [6.45, 7) is 10.9. The maximum absolute atomic E-state index is 12.2. The summed E-state index contributed by atoms with van der Waals surface area (Å²) in [7, 11) is 0. The average molecular weight is 338 g/mol. The number of hydrogen-bond donors (Lipinski definition) is 1. The van der Waals surface area contributed by atoms with Crippen molar-refractivity contribution in [2.75, 3.05) is 32.7 Å². The number of carbonyl (C=O) groups is 2. The van der Waals surface area contributed by atoms with Crippen molar-refractivity contribution >= 4 is 11.8 Å². The zero-order valence-corrected chi connectivity index (χ0v) is 15.7. The fourth-order valence-electron chi connectivity index (χ4n) is 3.86. The summed E-state index contributed by atoms with van der Waals surface area (Å²) in [5.41, 5.74) is 0. The molecule has 1 N–H and O–H groups in total. The molecule has 138 valence electrons. The minimum Gasteiger partial charge on any atom is -0.356 e. The maximum atomic E-state index is 12.2. The predicted octanol–water partition coefficient (Wildman–Crippen LogP) is 2.26. The van der Waals surface area contributed by atoms with E-state index in [0.717, 1.165) is 64.8 Å². The highest BCUT2D eigenvalue weighted by molar-refractivity contribution is 5.78. The van der Waals surface area contributed by atoms with Crippen LogP contribution >= 0.6 is 0 Å². The number of rotatable bonds is 6. The van der Waals surface area contributed by atoms with Gasteiger partial charge in [0.15, 0.2) is 0 Å². The van der Waals surface area contributed by atoms with Crippen LogP contribution in [0.3, 0.4) is 0 Å². The van der Waals surface area contributed by atoms with Crippen molar-refractivity contribution in [1.82, 2.24) is 15.1 Å². The quantitative estimate of drug-likeness (QED) is 0.809. The lowest BCUT2D eigenvalue weighted by Crippen LogP contribution is -2.50. The first-order valence-electron chi connectivity index (χ1n) is 9.80. The fraction of sp³-hybridized carbons (Fsp3) is 0.895. The summed E-state index contributed by atoms with van der Waals surface area (Å²) in [6, 6.07) is 0.593.